The van der Waals surface area contributed by atoms with E-state index in [0.29, 0.717) is 0 Å². The lowest BCUT2D eigenvalue weighted by Gasteiger charge is -2.36. The molecule has 2 atom stereocenters. The topological polar surface area (TPSA) is 209 Å². The van der Waals surface area contributed by atoms with Crippen LogP contribution in [0.2, 0.25) is 0 Å². The summed E-state index contributed by atoms with van der Waals surface area (Å²) >= 11 is 0. The highest BCUT2D eigenvalue weighted by atomic mass is 16.6. The van der Waals surface area contributed by atoms with Crippen LogP contribution in [0.15, 0.2) is 60.7 Å². The van der Waals surface area contributed by atoms with Gasteiger partial charge >= 0.3 is 24.2 Å². The average molecular weight is 640 g/mol. The van der Waals surface area contributed by atoms with Gasteiger partial charge in [-0.3, -0.25) is 44.3 Å². The van der Waals surface area contributed by atoms with Gasteiger partial charge < -0.3 is 14.2 Å². The van der Waals surface area contributed by atoms with Crippen LogP contribution in [0.25, 0.3) is 0 Å². The number of benzene rings is 2. The maximum Gasteiger partial charge on any atom is 0.411 e. The molecule has 0 aliphatic carbocycles. The van der Waals surface area contributed by atoms with Crippen molar-refractivity contribution in [3.8, 4) is 0 Å². The Morgan fingerprint density at radius 2 is 1.37 bits per heavy atom. The third-order valence-electron chi connectivity index (χ3n) is 6.73. The number of hydrogen-bond donors (Lipinski definition) is 2. The van der Waals surface area contributed by atoms with E-state index in [1.165, 1.54) is 0 Å². The third-order valence-corrected chi connectivity index (χ3v) is 6.73. The van der Waals surface area contributed by atoms with E-state index < -0.39 is 59.7 Å². The van der Waals surface area contributed by atoms with Gasteiger partial charge in [-0.1, -0.05) is 67.6 Å². The zero-order valence-corrected chi connectivity index (χ0v) is 25.1. The van der Waals surface area contributed by atoms with Gasteiger partial charge in [-0.25, -0.2) is 4.79 Å². The van der Waals surface area contributed by atoms with E-state index >= 15 is 0 Å². The Morgan fingerprint density at radius 3 is 1.80 bits per heavy atom. The number of ether oxygens (including phenoxy) is 3. The summed E-state index contributed by atoms with van der Waals surface area (Å²) in [5.41, 5.74) is 0.0318. The second-order valence-corrected chi connectivity index (χ2v) is 9.72. The SMILES string of the molecule is CCC1(N(CC(=O)OCc2ccccc2)C(=O)OCc2ccccc2)CC(=O)NC1=O.CCOC(=O)C1CC(=O)NC1=O.O=C=O. The molecule has 0 aromatic heterocycles. The van der Waals surface area contributed by atoms with Crippen molar-refractivity contribution < 1.29 is 57.4 Å². The average Bonchev–Trinajstić information content (AvgIpc) is 3.55. The lowest BCUT2D eigenvalue weighted by atomic mass is 9.92. The summed E-state index contributed by atoms with van der Waals surface area (Å²) in [5.74, 6) is -4.38. The van der Waals surface area contributed by atoms with E-state index in [0.717, 1.165) is 16.0 Å². The van der Waals surface area contributed by atoms with Crippen molar-refractivity contribution in [3.05, 3.63) is 71.8 Å². The van der Waals surface area contributed by atoms with Crippen molar-refractivity contribution in [1.82, 2.24) is 15.5 Å². The molecule has 2 fully saturated rings. The smallest absolute Gasteiger partial charge is 0.411 e. The third kappa shape index (κ3) is 10.5. The molecular weight excluding hydrogens is 606 g/mol. The van der Waals surface area contributed by atoms with Crippen LogP contribution < -0.4 is 10.6 Å². The number of esters is 2. The van der Waals surface area contributed by atoms with Gasteiger partial charge in [0.05, 0.1) is 13.0 Å². The number of carbonyl (C=O) groups excluding carboxylic acids is 9. The summed E-state index contributed by atoms with van der Waals surface area (Å²) < 4.78 is 15.2. The van der Waals surface area contributed by atoms with E-state index in [4.69, 9.17) is 19.1 Å². The maximum absolute atomic E-state index is 12.9. The van der Waals surface area contributed by atoms with E-state index in [1.807, 2.05) is 29.6 Å². The zero-order chi connectivity index (χ0) is 34.1. The lowest BCUT2D eigenvalue weighted by Crippen LogP contribution is -2.57. The number of nitrogens with one attached hydrogen (secondary N) is 2. The van der Waals surface area contributed by atoms with Crippen molar-refractivity contribution >= 4 is 47.8 Å². The molecule has 2 unspecified atom stereocenters. The first kappa shape index (κ1) is 36.5. The minimum Gasteiger partial charge on any atom is -0.465 e. The number of rotatable bonds is 10. The summed E-state index contributed by atoms with van der Waals surface area (Å²) in [7, 11) is 0. The van der Waals surface area contributed by atoms with Crippen LogP contribution in [0.4, 0.5) is 4.79 Å². The largest absolute Gasteiger partial charge is 0.465 e. The monoisotopic (exact) mass is 639 g/mol. The van der Waals surface area contributed by atoms with E-state index in [2.05, 4.69) is 10.1 Å². The molecule has 0 bridgehead atoms. The minimum absolute atomic E-state index is 0.0246. The first-order valence-corrected chi connectivity index (χ1v) is 14.0. The van der Waals surface area contributed by atoms with Gasteiger partial charge in [0, 0.05) is 6.42 Å². The molecule has 46 heavy (non-hydrogen) atoms. The van der Waals surface area contributed by atoms with Crippen LogP contribution in [0, 0.1) is 5.92 Å². The Balaban J connectivity index is 0.000000407. The van der Waals surface area contributed by atoms with Crippen molar-refractivity contribution in [3.63, 3.8) is 0 Å². The second-order valence-electron chi connectivity index (χ2n) is 9.72. The fourth-order valence-electron chi connectivity index (χ4n) is 4.42. The molecule has 2 saturated heterocycles. The van der Waals surface area contributed by atoms with Crippen LogP contribution in [0.3, 0.4) is 0 Å². The quantitative estimate of drug-likeness (QED) is 0.163. The van der Waals surface area contributed by atoms with Crippen LogP contribution >= 0.6 is 0 Å². The van der Waals surface area contributed by atoms with Gasteiger partial charge in [0.2, 0.25) is 17.7 Å². The van der Waals surface area contributed by atoms with Crippen LogP contribution in [0.1, 0.15) is 44.2 Å². The Morgan fingerprint density at radius 1 is 0.826 bits per heavy atom. The normalized spacial score (nSPS) is 17.9. The minimum atomic E-state index is -1.50. The first-order valence-electron chi connectivity index (χ1n) is 14.0. The van der Waals surface area contributed by atoms with Crippen molar-refractivity contribution in [2.24, 2.45) is 5.92 Å². The predicted octanol–water partition coefficient (Wildman–Crippen LogP) is 1.19. The predicted molar refractivity (Wildman–Crippen MR) is 153 cm³/mol. The summed E-state index contributed by atoms with van der Waals surface area (Å²) in [6.07, 6.45) is -0.809. The number of hydrogen-bond acceptors (Lipinski definition) is 12. The van der Waals surface area contributed by atoms with Gasteiger partial charge in [0.1, 0.15) is 31.2 Å². The van der Waals surface area contributed by atoms with E-state index in [-0.39, 0.29) is 45.2 Å². The van der Waals surface area contributed by atoms with Gasteiger partial charge in [0.25, 0.3) is 5.91 Å². The summed E-state index contributed by atoms with van der Waals surface area (Å²) in [6, 6.07) is 18.1. The molecule has 2 aromatic carbocycles. The molecule has 5 amide bonds. The summed E-state index contributed by atoms with van der Waals surface area (Å²) in [5, 5.41) is 4.25. The molecule has 0 spiro atoms. The molecule has 15 nitrogen and oxygen atoms in total. The molecular formula is C31H33N3O12. The number of amides is 5. The van der Waals surface area contributed by atoms with Gasteiger partial charge in [-0.15, -0.1) is 0 Å². The Hall–Kier alpha value is -5.69. The molecule has 2 aliphatic heterocycles. The van der Waals surface area contributed by atoms with Crippen LogP contribution in [-0.2, 0) is 65.8 Å². The number of imide groups is 2. The Labute approximate surface area is 263 Å². The maximum atomic E-state index is 12.9. The molecule has 15 heteroatoms. The molecule has 2 aliphatic rings. The molecule has 4 rings (SSSR count). The highest BCUT2D eigenvalue weighted by Crippen LogP contribution is 2.30. The van der Waals surface area contributed by atoms with Gasteiger partial charge in [0.15, 0.2) is 0 Å². The molecule has 2 N–H and O–H groups in total. The van der Waals surface area contributed by atoms with E-state index in [1.54, 1.807) is 50.2 Å². The highest BCUT2D eigenvalue weighted by molar-refractivity contribution is 6.12. The fourth-order valence-corrected chi connectivity index (χ4v) is 4.42. The molecule has 2 aromatic rings. The van der Waals surface area contributed by atoms with Crippen molar-refractivity contribution in [1.29, 1.82) is 0 Å². The van der Waals surface area contributed by atoms with Crippen LogP contribution in [0.5, 0.6) is 0 Å². The fraction of sp³-hybridized carbons (Fsp3) is 0.355. The molecule has 0 radical (unpaired) electrons. The Bertz CT molecular complexity index is 1440. The summed E-state index contributed by atoms with van der Waals surface area (Å²) in [4.78, 5) is 99.7. The van der Waals surface area contributed by atoms with Crippen LogP contribution in [-0.4, -0.2) is 71.4 Å². The highest BCUT2D eigenvalue weighted by Gasteiger charge is 2.53. The second kappa shape index (κ2) is 18.2. The summed E-state index contributed by atoms with van der Waals surface area (Å²) in [6.45, 7) is 3.00. The van der Waals surface area contributed by atoms with Gasteiger partial charge in [-0.2, -0.15) is 9.59 Å². The Kier molecular flexibility index (Phi) is 14.4. The number of nitrogens with zero attached hydrogens (tertiary/aromatic N) is 1. The van der Waals surface area contributed by atoms with Gasteiger partial charge in [-0.05, 0) is 24.5 Å². The van der Waals surface area contributed by atoms with E-state index in [9.17, 15) is 33.6 Å². The lowest BCUT2D eigenvalue weighted by molar-refractivity contribution is -0.192. The first-order chi connectivity index (χ1) is 22.0. The van der Waals surface area contributed by atoms with Crippen molar-refractivity contribution in [2.75, 3.05) is 13.2 Å². The standard InChI is InChI=1S/C23H24N2O6.C7H9NO4.CO2/c1-2-23(13-19(26)24-21(23)28)25(22(29)31-16-18-11-7-4-8-12-18)14-20(27)30-15-17-9-5-3-6-10-17;1-2-12-7(11)4-3-5(9)8-6(4)10;2-1-3/h3-12H,2,13-16H2,1H3,(H,24,26,28);4H,2-3H2,1H3,(H,8,9,10);. The molecule has 0 saturated carbocycles. The van der Waals surface area contributed by atoms with Crippen molar-refractivity contribution in [2.45, 2.75) is 51.9 Å². The zero-order valence-electron chi connectivity index (χ0n) is 25.1. The molecule has 244 valence electrons. The number of carbonyl (C=O) groups is 7. The molecule has 2 heterocycles.